The van der Waals surface area contributed by atoms with Gasteiger partial charge in [0, 0.05) is 54.2 Å². The van der Waals surface area contributed by atoms with Crippen LogP contribution in [0.25, 0.3) is 16.8 Å². The van der Waals surface area contributed by atoms with Crippen molar-refractivity contribution < 1.29 is 23.4 Å². The van der Waals surface area contributed by atoms with Crippen LogP contribution in [0.3, 0.4) is 0 Å². The third-order valence-electron chi connectivity index (χ3n) is 8.51. The summed E-state index contributed by atoms with van der Waals surface area (Å²) in [5.74, 6) is -2.26. The number of carbonyl (C=O) groups is 1. The predicted molar refractivity (Wildman–Crippen MR) is 156 cm³/mol. The molecule has 10 heteroatoms. The Hall–Kier alpha value is -3.79. The summed E-state index contributed by atoms with van der Waals surface area (Å²) in [6.07, 6.45) is 7.65. The van der Waals surface area contributed by atoms with Gasteiger partial charge in [0.2, 0.25) is 5.91 Å². The van der Waals surface area contributed by atoms with Gasteiger partial charge < -0.3 is 25.5 Å². The zero-order valence-electron chi connectivity index (χ0n) is 23.0. The van der Waals surface area contributed by atoms with E-state index >= 15 is 8.78 Å². The Bertz CT molecular complexity index is 1640. The second-order valence-electron chi connectivity index (χ2n) is 11.5. The summed E-state index contributed by atoms with van der Waals surface area (Å²) < 4.78 is 39.9. The number of ether oxygens (including phenoxy) is 1. The molecular formula is C32H31ClF2N4O3. The fourth-order valence-corrected chi connectivity index (χ4v) is 6.44. The number of nitrogens with two attached hydrogens (primary N) is 1. The maximum Gasteiger partial charge on any atom is 0.249 e. The van der Waals surface area contributed by atoms with Crippen molar-refractivity contribution in [3.63, 3.8) is 0 Å². The Morgan fingerprint density at radius 3 is 2.60 bits per heavy atom. The average Bonchev–Trinajstić information content (AvgIpc) is 3.63. The number of aliphatic hydroxyl groups is 1. The Morgan fingerprint density at radius 2 is 1.93 bits per heavy atom. The topological polar surface area (TPSA) is 102 Å². The van der Waals surface area contributed by atoms with E-state index in [4.69, 9.17) is 22.1 Å². The molecule has 6 rings (SSSR count). The smallest absolute Gasteiger partial charge is 0.249 e. The summed E-state index contributed by atoms with van der Waals surface area (Å²) in [4.78, 5) is 16.5. The van der Waals surface area contributed by atoms with E-state index < -0.39 is 28.7 Å². The number of benzene rings is 3. The maximum atomic E-state index is 16.4. The minimum atomic E-state index is -0.971. The zero-order chi connectivity index (χ0) is 29.6. The van der Waals surface area contributed by atoms with Crippen molar-refractivity contribution in [1.29, 1.82) is 0 Å². The lowest BCUT2D eigenvalue weighted by atomic mass is 9.82. The fourth-order valence-electron chi connectivity index (χ4n) is 6.17. The van der Waals surface area contributed by atoms with Gasteiger partial charge in [0.15, 0.2) is 11.4 Å². The number of imidazole rings is 1. The Balaban J connectivity index is 1.47. The second kappa shape index (κ2) is 10.8. The molecule has 3 aromatic carbocycles. The van der Waals surface area contributed by atoms with E-state index in [2.05, 4.69) is 10.3 Å². The van der Waals surface area contributed by atoms with E-state index in [1.807, 2.05) is 37.3 Å². The first-order chi connectivity index (χ1) is 20.1. The summed E-state index contributed by atoms with van der Waals surface area (Å²) in [6, 6.07) is 13.8. The molecule has 2 heterocycles. The van der Waals surface area contributed by atoms with Crippen molar-refractivity contribution in [2.45, 2.75) is 56.3 Å². The van der Waals surface area contributed by atoms with Crippen molar-refractivity contribution in [1.82, 2.24) is 14.9 Å². The fraction of sp³-hybridized carbons (Fsp3) is 0.312. The van der Waals surface area contributed by atoms with Crippen LogP contribution in [0.1, 0.15) is 54.1 Å². The molecule has 1 fully saturated rings. The highest BCUT2D eigenvalue weighted by molar-refractivity contribution is 6.34. The van der Waals surface area contributed by atoms with E-state index in [1.165, 1.54) is 35.3 Å². The summed E-state index contributed by atoms with van der Waals surface area (Å²) >= 11 is 6.59. The van der Waals surface area contributed by atoms with Gasteiger partial charge in [-0.2, -0.15) is 0 Å². The molecule has 1 saturated carbocycles. The van der Waals surface area contributed by atoms with Crippen LogP contribution in [0.2, 0.25) is 5.02 Å². The molecule has 1 amide bonds. The Kier molecular flexibility index (Phi) is 7.29. The normalized spacial score (nSPS) is 23.4. The van der Waals surface area contributed by atoms with Crippen molar-refractivity contribution in [2.75, 3.05) is 6.54 Å². The lowest BCUT2D eigenvalue weighted by Gasteiger charge is -2.36. The molecule has 2 aliphatic rings. The molecule has 218 valence electrons. The molecule has 0 unspecified atom stereocenters. The monoisotopic (exact) mass is 592 g/mol. The molecule has 1 atom stereocenters. The third-order valence-corrected chi connectivity index (χ3v) is 8.88. The van der Waals surface area contributed by atoms with E-state index in [9.17, 15) is 9.90 Å². The van der Waals surface area contributed by atoms with Gasteiger partial charge in [-0.05, 0) is 50.3 Å². The molecule has 0 saturated heterocycles. The number of carbonyl (C=O) groups excluding carboxylic acids is 1. The van der Waals surface area contributed by atoms with Crippen LogP contribution in [-0.4, -0.2) is 38.8 Å². The number of fused-ring (bicyclic) bond motifs is 1. The van der Waals surface area contributed by atoms with Crippen LogP contribution < -0.4 is 15.8 Å². The number of hydrogen-bond donors (Lipinski definition) is 3. The Morgan fingerprint density at radius 1 is 1.19 bits per heavy atom. The lowest BCUT2D eigenvalue weighted by Crippen LogP contribution is -2.48. The number of halogens is 3. The van der Waals surface area contributed by atoms with Gasteiger partial charge in [0.25, 0.3) is 0 Å². The zero-order valence-corrected chi connectivity index (χ0v) is 23.8. The third kappa shape index (κ3) is 5.06. The standard InChI is InChI=1S/C32H31ClF2N4O3/c1-31(41)11-9-20(10-12-31)38-17-32(19-5-3-2-4-6-19)16-22-25(42-32)15-23(34)28(33)26(22)27-21(30(36)40)7-8-24(29(27)35)39-14-13-37-18-39/h2-8,13-15,18,20,38,41H,9-12,16-17H2,1H3,(H2,36,40)/t20-,31-,32-/m1/s1. The van der Waals surface area contributed by atoms with Crippen molar-refractivity contribution >= 4 is 17.5 Å². The van der Waals surface area contributed by atoms with Gasteiger partial charge in [-0.3, -0.25) is 4.79 Å². The van der Waals surface area contributed by atoms with Crippen LogP contribution in [0.5, 0.6) is 5.75 Å². The van der Waals surface area contributed by atoms with E-state index in [1.54, 1.807) is 6.20 Å². The molecule has 0 spiro atoms. The second-order valence-corrected chi connectivity index (χ2v) is 11.8. The van der Waals surface area contributed by atoms with Gasteiger partial charge in [-0.1, -0.05) is 41.9 Å². The maximum absolute atomic E-state index is 16.4. The van der Waals surface area contributed by atoms with Gasteiger partial charge in [0.1, 0.15) is 11.6 Å². The highest BCUT2D eigenvalue weighted by Crippen LogP contribution is 2.50. The number of amides is 1. The van der Waals surface area contributed by atoms with Crippen molar-refractivity contribution in [2.24, 2.45) is 5.73 Å². The molecule has 7 nitrogen and oxygen atoms in total. The number of primary amides is 1. The van der Waals surface area contributed by atoms with Crippen LogP contribution in [0, 0.1) is 11.6 Å². The average molecular weight is 593 g/mol. The summed E-state index contributed by atoms with van der Waals surface area (Å²) in [5.41, 5.74) is 5.19. The Labute approximate surface area is 247 Å². The largest absolute Gasteiger partial charge is 0.480 e. The van der Waals surface area contributed by atoms with E-state index in [-0.39, 0.29) is 45.6 Å². The minimum absolute atomic E-state index is 0.0338. The summed E-state index contributed by atoms with van der Waals surface area (Å²) in [5, 5.41) is 13.7. The lowest BCUT2D eigenvalue weighted by molar-refractivity contribution is 0.0104. The van der Waals surface area contributed by atoms with Crippen molar-refractivity contribution in [3.8, 4) is 22.6 Å². The van der Waals surface area contributed by atoms with Crippen molar-refractivity contribution in [3.05, 3.63) is 101 Å². The van der Waals surface area contributed by atoms with Gasteiger partial charge in [-0.25, -0.2) is 13.8 Å². The number of rotatable bonds is 7. The number of nitrogens with zero attached hydrogens (tertiary/aromatic N) is 2. The van der Waals surface area contributed by atoms with Crippen LogP contribution in [0.15, 0.2) is 67.3 Å². The quantitative estimate of drug-likeness (QED) is 0.256. The molecular weight excluding hydrogens is 562 g/mol. The highest BCUT2D eigenvalue weighted by atomic mass is 35.5. The molecule has 1 aliphatic heterocycles. The molecule has 1 aromatic heterocycles. The van der Waals surface area contributed by atoms with Gasteiger partial charge in [0.05, 0.1) is 28.2 Å². The molecule has 4 N–H and O–H groups in total. The minimum Gasteiger partial charge on any atom is -0.480 e. The van der Waals surface area contributed by atoms with Gasteiger partial charge >= 0.3 is 0 Å². The highest BCUT2D eigenvalue weighted by Gasteiger charge is 2.44. The summed E-state index contributed by atoms with van der Waals surface area (Å²) in [7, 11) is 0. The van der Waals surface area contributed by atoms with Crippen LogP contribution >= 0.6 is 11.6 Å². The van der Waals surface area contributed by atoms with E-state index in [0.29, 0.717) is 24.9 Å². The molecule has 1 aliphatic carbocycles. The van der Waals surface area contributed by atoms with Crippen LogP contribution in [-0.2, 0) is 12.0 Å². The molecule has 42 heavy (non-hydrogen) atoms. The number of hydrogen-bond acceptors (Lipinski definition) is 5. The van der Waals surface area contributed by atoms with E-state index in [0.717, 1.165) is 18.4 Å². The SMILES string of the molecule is C[C@]1(O)CC[C@H](NC[C@@]2(c3ccccc3)Cc3c(cc(F)c(Cl)c3-c3c(C(N)=O)ccc(-n4ccnc4)c3F)O2)CC1. The first kappa shape index (κ1) is 28.3. The number of nitrogens with one attached hydrogen (secondary N) is 1. The molecule has 0 bridgehead atoms. The number of aromatic nitrogens is 2. The first-order valence-corrected chi connectivity index (χ1v) is 14.3. The van der Waals surface area contributed by atoms with Crippen LogP contribution in [0.4, 0.5) is 8.78 Å². The molecule has 4 aromatic rings. The first-order valence-electron chi connectivity index (χ1n) is 13.9. The predicted octanol–water partition coefficient (Wildman–Crippen LogP) is 5.68. The summed E-state index contributed by atoms with van der Waals surface area (Å²) in [6.45, 7) is 2.23. The molecule has 0 radical (unpaired) electrons. The van der Waals surface area contributed by atoms with Gasteiger partial charge in [-0.15, -0.1) is 0 Å².